The van der Waals surface area contributed by atoms with E-state index in [0.29, 0.717) is 13.2 Å². The molecule has 3 heteroatoms. The van der Waals surface area contributed by atoms with Crippen LogP contribution in [0.2, 0.25) is 0 Å². The van der Waals surface area contributed by atoms with Gasteiger partial charge in [0.05, 0.1) is 6.61 Å². The molecule has 0 aromatic carbocycles. The lowest BCUT2D eigenvalue weighted by Crippen LogP contribution is -2.13. The highest BCUT2D eigenvalue weighted by atomic mass is 16.6. The number of carbonyl (C=O) groups excluding carboxylic acids is 1. The van der Waals surface area contributed by atoms with Gasteiger partial charge in [-0.2, -0.15) is 0 Å². The van der Waals surface area contributed by atoms with E-state index in [1.807, 2.05) is 6.92 Å². The van der Waals surface area contributed by atoms with Crippen LogP contribution in [0.5, 0.6) is 0 Å². The molecule has 0 amide bonds. The van der Waals surface area contributed by atoms with Crippen molar-refractivity contribution in [3.8, 4) is 0 Å². The zero-order valence-corrected chi connectivity index (χ0v) is 9.09. The van der Waals surface area contributed by atoms with E-state index in [0.717, 1.165) is 32.1 Å². The van der Waals surface area contributed by atoms with Crippen LogP contribution in [0.25, 0.3) is 0 Å². The average Bonchev–Trinajstić information content (AvgIpc) is 2.20. The maximum absolute atomic E-state index is 10.9. The molecule has 0 aromatic rings. The first kappa shape index (κ1) is 13.4. The van der Waals surface area contributed by atoms with Crippen molar-refractivity contribution in [1.29, 1.82) is 0 Å². The van der Waals surface area contributed by atoms with Gasteiger partial charge in [-0.1, -0.05) is 33.1 Å². The lowest BCUT2D eigenvalue weighted by Gasteiger charge is -2.04. The van der Waals surface area contributed by atoms with Crippen LogP contribution in [0.3, 0.4) is 0 Å². The molecular weight excluding hydrogens is 180 g/mol. The molecule has 14 heavy (non-hydrogen) atoms. The number of esters is 1. The quantitative estimate of drug-likeness (QED) is 0.424. The van der Waals surface area contributed by atoms with Crippen LogP contribution in [0, 0.1) is 6.92 Å². The molecule has 0 aliphatic carbocycles. The molecule has 0 unspecified atom stereocenters. The Morgan fingerprint density at radius 1 is 1.21 bits per heavy atom. The predicted molar refractivity (Wildman–Crippen MR) is 55.9 cm³/mol. The van der Waals surface area contributed by atoms with E-state index in [2.05, 4.69) is 6.92 Å². The van der Waals surface area contributed by atoms with Crippen LogP contribution in [0.15, 0.2) is 0 Å². The fourth-order valence-corrected chi connectivity index (χ4v) is 0.971. The fraction of sp³-hybridized carbons (Fsp3) is 0.818. The summed E-state index contributed by atoms with van der Waals surface area (Å²) in [6.07, 6.45) is 5.07. The van der Waals surface area contributed by atoms with Gasteiger partial charge in [-0.15, -0.1) is 0 Å². The summed E-state index contributed by atoms with van der Waals surface area (Å²) in [5, 5.41) is 0. The molecule has 0 atom stereocenters. The van der Waals surface area contributed by atoms with Crippen molar-refractivity contribution in [1.82, 2.24) is 0 Å². The van der Waals surface area contributed by atoms with E-state index < -0.39 is 0 Å². The summed E-state index contributed by atoms with van der Waals surface area (Å²) in [6.45, 7) is 6.93. The second kappa shape index (κ2) is 10.5. The summed E-state index contributed by atoms with van der Waals surface area (Å²) >= 11 is 0. The van der Waals surface area contributed by atoms with E-state index >= 15 is 0 Å². The number of rotatable bonds is 9. The summed E-state index contributed by atoms with van der Waals surface area (Å²) in [4.78, 5) is 10.9. The van der Waals surface area contributed by atoms with Crippen molar-refractivity contribution in [2.24, 2.45) is 0 Å². The molecule has 0 aliphatic heterocycles. The highest BCUT2D eigenvalue weighted by molar-refractivity contribution is 5.70. The highest BCUT2D eigenvalue weighted by Gasteiger charge is 2.00. The van der Waals surface area contributed by atoms with Gasteiger partial charge in [0.25, 0.3) is 0 Å². The van der Waals surface area contributed by atoms with E-state index in [4.69, 9.17) is 9.47 Å². The zero-order chi connectivity index (χ0) is 10.6. The molecule has 0 fully saturated rings. The lowest BCUT2D eigenvalue weighted by molar-refractivity contribution is -0.149. The summed E-state index contributed by atoms with van der Waals surface area (Å²) in [7, 11) is 0. The molecule has 83 valence electrons. The average molecular weight is 201 g/mol. The second-order valence-corrected chi connectivity index (χ2v) is 3.19. The third-order valence-electron chi connectivity index (χ3n) is 1.73. The van der Waals surface area contributed by atoms with Gasteiger partial charge in [-0.05, 0) is 12.8 Å². The van der Waals surface area contributed by atoms with Gasteiger partial charge >= 0.3 is 5.97 Å². The number of unbranched alkanes of at least 4 members (excludes halogenated alkanes) is 3. The van der Waals surface area contributed by atoms with Crippen molar-refractivity contribution in [2.75, 3.05) is 19.8 Å². The van der Waals surface area contributed by atoms with Gasteiger partial charge in [0.1, 0.15) is 6.61 Å². The van der Waals surface area contributed by atoms with Crippen molar-refractivity contribution >= 4 is 5.97 Å². The van der Waals surface area contributed by atoms with Gasteiger partial charge in [0, 0.05) is 6.61 Å². The zero-order valence-electron chi connectivity index (χ0n) is 9.09. The fourth-order valence-electron chi connectivity index (χ4n) is 0.971. The number of ether oxygens (including phenoxy) is 2. The van der Waals surface area contributed by atoms with Crippen LogP contribution < -0.4 is 0 Å². The first-order valence-corrected chi connectivity index (χ1v) is 5.33. The maximum atomic E-state index is 10.9. The summed E-state index contributed by atoms with van der Waals surface area (Å²) < 4.78 is 9.99. The largest absolute Gasteiger partial charge is 0.464 e. The Hall–Kier alpha value is -0.570. The predicted octanol–water partition coefficient (Wildman–Crippen LogP) is 2.35. The molecule has 3 nitrogen and oxygen atoms in total. The minimum Gasteiger partial charge on any atom is -0.464 e. The van der Waals surface area contributed by atoms with Crippen LogP contribution in [-0.2, 0) is 14.3 Å². The number of carbonyl (C=O) groups is 1. The smallest absolute Gasteiger partial charge is 0.332 e. The SMILES string of the molecule is [CH2]CCCCCOCC(=O)OCCC. The molecule has 0 bridgehead atoms. The topological polar surface area (TPSA) is 35.5 Å². The number of hydrogen-bond acceptors (Lipinski definition) is 3. The molecule has 0 saturated heterocycles. The molecule has 0 spiro atoms. The van der Waals surface area contributed by atoms with Gasteiger partial charge in [0.15, 0.2) is 0 Å². The van der Waals surface area contributed by atoms with Gasteiger partial charge in [-0.25, -0.2) is 4.79 Å². The van der Waals surface area contributed by atoms with Crippen molar-refractivity contribution in [3.05, 3.63) is 6.92 Å². The van der Waals surface area contributed by atoms with E-state index in [1.54, 1.807) is 0 Å². The van der Waals surface area contributed by atoms with E-state index in [-0.39, 0.29) is 12.6 Å². The van der Waals surface area contributed by atoms with Crippen molar-refractivity contribution in [2.45, 2.75) is 39.0 Å². The standard InChI is InChI=1S/C11H21O3/c1-3-5-6-7-9-13-10-11(12)14-8-4-2/h1,3-10H2,2H3. The molecule has 0 saturated carbocycles. The first-order valence-electron chi connectivity index (χ1n) is 5.33. The Balaban J connectivity index is 3.07. The molecule has 0 aromatic heterocycles. The van der Waals surface area contributed by atoms with Crippen molar-refractivity contribution in [3.63, 3.8) is 0 Å². The normalized spacial score (nSPS) is 10.1. The van der Waals surface area contributed by atoms with Crippen LogP contribution in [0.4, 0.5) is 0 Å². The number of hydrogen-bond donors (Lipinski definition) is 0. The molecule has 0 heterocycles. The molecule has 1 radical (unpaired) electrons. The Morgan fingerprint density at radius 3 is 2.64 bits per heavy atom. The third kappa shape index (κ3) is 9.52. The minimum absolute atomic E-state index is 0.0877. The first-order chi connectivity index (χ1) is 6.81. The Labute approximate surface area is 86.8 Å². The maximum Gasteiger partial charge on any atom is 0.332 e. The summed E-state index contributed by atoms with van der Waals surface area (Å²) in [6, 6.07) is 0. The van der Waals surface area contributed by atoms with Gasteiger partial charge in [-0.3, -0.25) is 0 Å². The van der Waals surface area contributed by atoms with Gasteiger partial charge < -0.3 is 9.47 Å². The lowest BCUT2D eigenvalue weighted by atomic mass is 10.2. The van der Waals surface area contributed by atoms with Crippen LogP contribution >= 0.6 is 0 Å². The molecule has 0 rings (SSSR count). The Morgan fingerprint density at radius 2 is 2.00 bits per heavy atom. The minimum atomic E-state index is -0.260. The molecular formula is C11H21O3. The summed E-state index contributed by atoms with van der Waals surface area (Å²) in [5.41, 5.74) is 0. The Kier molecular flexibility index (Phi) is 10.1. The Bertz CT molecular complexity index is 134. The van der Waals surface area contributed by atoms with Crippen molar-refractivity contribution < 1.29 is 14.3 Å². The third-order valence-corrected chi connectivity index (χ3v) is 1.73. The monoisotopic (exact) mass is 201 g/mol. The van der Waals surface area contributed by atoms with E-state index in [9.17, 15) is 4.79 Å². The van der Waals surface area contributed by atoms with E-state index in [1.165, 1.54) is 0 Å². The molecule has 0 aliphatic rings. The highest BCUT2D eigenvalue weighted by Crippen LogP contribution is 1.98. The molecule has 0 N–H and O–H groups in total. The second-order valence-electron chi connectivity index (χ2n) is 3.19. The van der Waals surface area contributed by atoms with Gasteiger partial charge in [0.2, 0.25) is 0 Å². The summed E-state index contributed by atoms with van der Waals surface area (Å²) in [5.74, 6) is -0.260. The van der Waals surface area contributed by atoms with Crippen LogP contribution in [-0.4, -0.2) is 25.8 Å². The van der Waals surface area contributed by atoms with Crippen LogP contribution in [0.1, 0.15) is 39.0 Å².